The maximum absolute atomic E-state index is 10.3. The summed E-state index contributed by atoms with van der Waals surface area (Å²) >= 11 is 0. The Morgan fingerprint density at radius 3 is 1.02 bits per heavy atom. The van der Waals surface area contributed by atoms with E-state index in [0.717, 1.165) is 48.9 Å². The highest BCUT2D eigenvalue weighted by Crippen LogP contribution is 2.32. The molecule has 0 spiro atoms. The zero-order valence-electron chi connectivity index (χ0n) is 29.2. The second-order valence-electron chi connectivity index (χ2n) is 11.8. The normalized spacial score (nSPS) is 16.2. The molecule has 2 unspecified atom stereocenters. The molecule has 0 saturated carbocycles. The summed E-state index contributed by atoms with van der Waals surface area (Å²) in [5.41, 5.74) is 5.57. The van der Waals surface area contributed by atoms with E-state index in [9.17, 15) is 25.9 Å². The summed E-state index contributed by atoms with van der Waals surface area (Å²) in [5.74, 6) is 3.36. The van der Waals surface area contributed by atoms with Crippen LogP contribution in [-0.2, 0) is 46.2 Å². The second kappa shape index (κ2) is 18.7. The molecule has 0 bridgehead atoms. The monoisotopic (exact) mass is 730 g/mol. The van der Waals surface area contributed by atoms with Gasteiger partial charge in [-0.1, -0.05) is 36.4 Å². The first-order valence-electron chi connectivity index (χ1n) is 15.8. The Labute approximate surface area is 295 Å². The molecule has 0 amide bonds. The standard InChI is InChI=1S/2C12H17NO2.2C6H6O3S/c2*1-13-5-4-9-6-11(14-2)12(15-3)7-10(9)8-13;2*7-10(8,9)6-4-2-1-3-5-6/h2*6-7H,4-5,8H2,1-3H3;2*1-5H,(H,7,8,9). The van der Waals surface area contributed by atoms with Crippen molar-refractivity contribution < 1.29 is 54.7 Å². The second-order valence-corrected chi connectivity index (χ2v) is 14.5. The van der Waals surface area contributed by atoms with E-state index in [1.165, 1.54) is 83.9 Å². The molecule has 4 aromatic rings. The van der Waals surface area contributed by atoms with Crippen molar-refractivity contribution in [1.29, 1.82) is 0 Å². The first-order chi connectivity index (χ1) is 23.7. The van der Waals surface area contributed by atoms with Crippen LogP contribution in [0.25, 0.3) is 0 Å². The van der Waals surface area contributed by atoms with Gasteiger partial charge >= 0.3 is 0 Å². The third kappa shape index (κ3) is 12.0. The summed E-state index contributed by atoms with van der Waals surface area (Å²) in [6, 6.07) is 22.8. The van der Waals surface area contributed by atoms with E-state index in [1.54, 1.807) is 50.4 Å². The van der Waals surface area contributed by atoms with Crippen molar-refractivity contribution in [2.45, 2.75) is 35.7 Å². The summed E-state index contributed by atoms with van der Waals surface area (Å²) in [6.07, 6.45) is 2.25. The smallest absolute Gasteiger partial charge is 0.161 e. The fourth-order valence-electron chi connectivity index (χ4n) is 5.42. The van der Waals surface area contributed by atoms with Crippen LogP contribution in [0.15, 0.2) is 94.7 Å². The molecule has 2 aliphatic rings. The van der Waals surface area contributed by atoms with Gasteiger partial charge in [0.25, 0.3) is 0 Å². The van der Waals surface area contributed by atoms with E-state index in [4.69, 9.17) is 18.9 Å². The van der Waals surface area contributed by atoms with Crippen molar-refractivity contribution in [3.05, 3.63) is 107 Å². The Hall–Kier alpha value is -4.18. The summed E-state index contributed by atoms with van der Waals surface area (Å²) in [5, 5.41) is 0. The number of nitrogens with one attached hydrogen (secondary N) is 2. The van der Waals surface area contributed by atoms with Crippen molar-refractivity contribution in [3.8, 4) is 23.0 Å². The minimum absolute atomic E-state index is 0.185. The largest absolute Gasteiger partial charge is 0.744 e. The summed E-state index contributed by atoms with van der Waals surface area (Å²) in [4.78, 5) is 2.73. The van der Waals surface area contributed by atoms with Gasteiger partial charge in [-0.2, -0.15) is 0 Å². The Morgan fingerprint density at radius 2 is 0.780 bits per heavy atom. The maximum Gasteiger partial charge on any atom is 0.161 e. The highest BCUT2D eigenvalue weighted by molar-refractivity contribution is 7.86. The SMILES string of the molecule is COc1cc2c(cc1OC)C[NH+](C)CC2.COc1cc2c(cc1OC)C[NH+](C)CC2.O=S(=O)([O-])c1ccccc1.O=S(=O)([O-])c1ccccc1. The zero-order valence-corrected chi connectivity index (χ0v) is 30.9. The third-order valence-corrected chi connectivity index (χ3v) is 9.80. The van der Waals surface area contributed by atoms with Crippen LogP contribution >= 0.6 is 0 Å². The van der Waals surface area contributed by atoms with Gasteiger partial charge in [0.05, 0.1) is 65.4 Å². The fraction of sp³-hybridized carbons (Fsp3) is 0.333. The number of likely N-dealkylation sites (N-methyl/N-ethyl adjacent to an activating group) is 2. The molecule has 0 saturated heterocycles. The van der Waals surface area contributed by atoms with Crippen LogP contribution in [-0.4, -0.2) is 81.6 Å². The molecule has 12 nitrogen and oxygen atoms in total. The van der Waals surface area contributed by atoms with Crippen LogP contribution in [0, 0.1) is 0 Å². The summed E-state index contributed by atoms with van der Waals surface area (Å²) in [7, 11) is 2.68. The van der Waals surface area contributed by atoms with Crippen LogP contribution in [0.5, 0.6) is 23.0 Å². The highest BCUT2D eigenvalue weighted by atomic mass is 32.2. The van der Waals surface area contributed by atoms with Crippen LogP contribution in [0.1, 0.15) is 22.3 Å². The molecule has 0 aliphatic carbocycles. The lowest BCUT2D eigenvalue weighted by molar-refractivity contribution is -0.895. The lowest BCUT2D eigenvalue weighted by Crippen LogP contribution is -3.08. The Balaban J connectivity index is 0.000000184. The molecule has 14 heteroatoms. The maximum atomic E-state index is 10.3. The Morgan fingerprint density at radius 1 is 0.500 bits per heavy atom. The molecule has 2 N–H and O–H groups in total. The molecule has 2 atom stereocenters. The number of ether oxygens (including phenoxy) is 4. The zero-order chi connectivity index (χ0) is 36.9. The van der Waals surface area contributed by atoms with Crippen LogP contribution in [0.4, 0.5) is 0 Å². The number of fused-ring (bicyclic) bond motifs is 2. The Kier molecular flexibility index (Phi) is 15.1. The van der Waals surface area contributed by atoms with E-state index in [-0.39, 0.29) is 9.79 Å². The molecule has 4 aromatic carbocycles. The molecule has 0 fully saturated rings. The highest BCUT2D eigenvalue weighted by Gasteiger charge is 2.20. The van der Waals surface area contributed by atoms with E-state index in [1.807, 2.05) is 0 Å². The average Bonchev–Trinajstić information content (AvgIpc) is 3.11. The molecule has 50 heavy (non-hydrogen) atoms. The molecular formula is C36H46N2O10S2. The van der Waals surface area contributed by atoms with Crippen LogP contribution < -0.4 is 28.7 Å². The van der Waals surface area contributed by atoms with Crippen molar-refractivity contribution in [3.63, 3.8) is 0 Å². The van der Waals surface area contributed by atoms with E-state index >= 15 is 0 Å². The molecule has 2 heterocycles. The predicted octanol–water partition coefficient (Wildman–Crippen LogP) is 1.73. The van der Waals surface area contributed by atoms with E-state index in [0.29, 0.717) is 0 Å². The van der Waals surface area contributed by atoms with Crippen molar-refractivity contribution >= 4 is 20.2 Å². The Bertz CT molecular complexity index is 1750. The van der Waals surface area contributed by atoms with Crippen molar-refractivity contribution in [2.24, 2.45) is 0 Å². The third-order valence-electron chi connectivity index (χ3n) is 8.10. The number of methoxy groups -OCH3 is 4. The van der Waals surface area contributed by atoms with Gasteiger partial charge in [-0.25, -0.2) is 16.8 Å². The number of hydrogen-bond donors (Lipinski definition) is 2. The van der Waals surface area contributed by atoms with Gasteiger partial charge in [-0.15, -0.1) is 0 Å². The number of quaternary nitrogens is 2. The van der Waals surface area contributed by atoms with Crippen LogP contribution in [0.2, 0.25) is 0 Å². The quantitative estimate of drug-likeness (QED) is 0.280. The van der Waals surface area contributed by atoms with E-state index < -0.39 is 20.2 Å². The number of hydrogen-bond acceptors (Lipinski definition) is 10. The molecule has 2 aliphatic heterocycles. The minimum atomic E-state index is -4.25. The van der Waals surface area contributed by atoms with Gasteiger partial charge in [0.2, 0.25) is 0 Å². The lowest BCUT2D eigenvalue weighted by atomic mass is 9.99. The van der Waals surface area contributed by atoms with Crippen molar-refractivity contribution in [2.75, 3.05) is 55.6 Å². The number of benzene rings is 4. The van der Waals surface area contributed by atoms with Crippen molar-refractivity contribution in [1.82, 2.24) is 0 Å². The first-order valence-corrected chi connectivity index (χ1v) is 18.6. The fourth-order valence-corrected chi connectivity index (χ4v) is 6.40. The topological polar surface area (TPSA) is 160 Å². The molecule has 272 valence electrons. The lowest BCUT2D eigenvalue weighted by Gasteiger charge is -2.23. The first kappa shape index (κ1) is 40.3. The molecule has 6 rings (SSSR count). The van der Waals surface area contributed by atoms with E-state index in [2.05, 4.69) is 38.4 Å². The summed E-state index contributed by atoms with van der Waals surface area (Å²) in [6.45, 7) is 4.55. The van der Waals surface area contributed by atoms with Crippen LogP contribution in [0.3, 0.4) is 0 Å². The molecule has 0 aromatic heterocycles. The average molecular weight is 731 g/mol. The van der Waals surface area contributed by atoms with Gasteiger partial charge < -0.3 is 37.9 Å². The molecular weight excluding hydrogens is 685 g/mol. The van der Waals surface area contributed by atoms with Gasteiger partial charge in [0.15, 0.2) is 23.0 Å². The van der Waals surface area contributed by atoms with Gasteiger partial charge in [-0.3, -0.25) is 0 Å². The van der Waals surface area contributed by atoms with Gasteiger partial charge in [0, 0.05) is 24.0 Å². The van der Waals surface area contributed by atoms with Gasteiger partial charge in [0.1, 0.15) is 33.3 Å². The summed E-state index contributed by atoms with van der Waals surface area (Å²) < 4.78 is 82.9. The predicted molar refractivity (Wildman–Crippen MR) is 186 cm³/mol. The molecule has 0 radical (unpaired) electrons. The van der Waals surface area contributed by atoms with Gasteiger partial charge in [-0.05, 0) is 59.7 Å². The minimum Gasteiger partial charge on any atom is -0.744 e. The number of rotatable bonds is 6.